The maximum atomic E-state index is 13.4. The van der Waals surface area contributed by atoms with Gasteiger partial charge >= 0.3 is 5.97 Å². The van der Waals surface area contributed by atoms with Crippen LogP contribution in [-0.4, -0.2) is 29.9 Å². The zero-order chi connectivity index (χ0) is 21.6. The van der Waals surface area contributed by atoms with Crippen molar-refractivity contribution in [3.05, 3.63) is 82.9 Å². The van der Waals surface area contributed by atoms with Crippen molar-refractivity contribution in [2.24, 2.45) is 11.8 Å². The van der Waals surface area contributed by atoms with Crippen molar-refractivity contribution >= 4 is 11.9 Å². The Morgan fingerprint density at radius 2 is 1.77 bits per heavy atom. The van der Waals surface area contributed by atoms with E-state index in [-0.39, 0.29) is 17.8 Å². The largest absolute Gasteiger partial charge is 0.446 e. The summed E-state index contributed by atoms with van der Waals surface area (Å²) >= 11 is 0. The van der Waals surface area contributed by atoms with Gasteiger partial charge in [-0.1, -0.05) is 74.5 Å². The van der Waals surface area contributed by atoms with Crippen molar-refractivity contribution in [1.29, 1.82) is 0 Å². The van der Waals surface area contributed by atoms with Gasteiger partial charge in [-0.05, 0) is 42.2 Å². The predicted molar refractivity (Wildman–Crippen MR) is 119 cm³/mol. The number of hydrogen-bond acceptors (Lipinski definition) is 3. The number of hydrogen-bond donors (Lipinski definition) is 0. The van der Waals surface area contributed by atoms with Crippen LogP contribution in [0, 0.1) is 11.8 Å². The van der Waals surface area contributed by atoms with Gasteiger partial charge in [0.1, 0.15) is 0 Å². The first-order chi connectivity index (χ1) is 15.0. The van der Waals surface area contributed by atoms with E-state index in [9.17, 15) is 9.59 Å². The van der Waals surface area contributed by atoms with E-state index in [4.69, 9.17) is 4.74 Å². The molecule has 160 valence electrons. The first kappa shape index (κ1) is 20.0. The molecule has 0 aromatic heterocycles. The summed E-state index contributed by atoms with van der Waals surface area (Å²) in [4.78, 5) is 28.2. The molecule has 5 rings (SSSR count). The molecular formula is C27H29NO3. The van der Waals surface area contributed by atoms with E-state index in [1.807, 2.05) is 53.4 Å². The molecule has 1 amide bonds. The van der Waals surface area contributed by atoms with Crippen LogP contribution in [-0.2, 0) is 19.9 Å². The van der Waals surface area contributed by atoms with E-state index >= 15 is 0 Å². The van der Waals surface area contributed by atoms with Crippen LogP contribution in [0.25, 0.3) is 0 Å². The molecule has 1 unspecified atom stereocenters. The summed E-state index contributed by atoms with van der Waals surface area (Å²) in [5.41, 5.74) is 3.27. The molecular weight excluding hydrogens is 386 g/mol. The Balaban J connectivity index is 1.42. The summed E-state index contributed by atoms with van der Waals surface area (Å²) in [6.07, 6.45) is 2.21. The summed E-state index contributed by atoms with van der Waals surface area (Å²) in [5, 5.41) is 0. The fraction of sp³-hybridized carbons (Fsp3) is 0.407. The molecule has 0 radical (unpaired) electrons. The summed E-state index contributed by atoms with van der Waals surface area (Å²) in [7, 11) is 0. The SMILES string of the molecule is CC(C)CC1(c2ccccc2)OC(=O)C2=C1CN(C(=O)[C@@H]1C[C@H]1c1ccccc1)CC2. The van der Waals surface area contributed by atoms with Gasteiger partial charge in [0.05, 0.1) is 0 Å². The zero-order valence-corrected chi connectivity index (χ0v) is 18.2. The third kappa shape index (κ3) is 3.48. The minimum absolute atomic E-state index is 0.0544. The number of ether oxygens (including phenoxy) is 1. The van der Waals surface area contributed by atoms with Crippen LogP contribution in [0.3, 0.4) is 0 Å². The molecule has 0 saturated heterocycles. The fourth-order valence-electron chi connectivity index (χ4n) is 5.40. The second-order valence-electron chi connectivity index (χ2n) is 9.51. The van der Waals surface area contributed by atoms with Gasteiger partial charge in [-0.25, -0.2) is 4.79 Å². The van der Waals surface area contributed by atoms with E-state index in [1.54, 1.807) is 0 Å². The second kappa shape index (κ2) is 7.67. The average molecular weight is 416 g/mol. The highest BCUT2D eigenvalue weighted by molar-refractivity contribution is 5.94. The highest BCUT2D eigenvalue weighted by Crippen LogP contribution is 2.51. The molecule has 3 atom stereocenters. The van der Waals surface area contributed by atoms with Gasteiger partial charge in [-0.2, -0.15) is 0 Å². The molecule has 2 heterocycles. The first-order valence-electron chi connectivity index (χ1n) is 11.3. The van der Waals surface area contributed by atoms with Gasteiger partial charge in [0.25, 0.3) is 0 Å². The van der Waals surface area contributed by atoms with Crippen LogP contribution in [0.15, 0.2) is 71.8 Å². The molecule has 2 aromatic rings. The first-order valence-corrected chi connectivity index (χ1v) is 11.3. The molecule has 4 nitrogen and oxygen atoms in total. The number of carbonyl (C=O) groups excluding carboxylic acids is 2. The Labute approximate surface area is 183 Å². The molecule has 0 N–H and O–H groups in total. The van der Waals surface area contributed by atoms with E-state index in [0.29, 0.717) is 31.3 Å². The molecule has 1 aliphatic carbocycles. The maximum absolute atomic E-state index is 13.4. The Kier molecular flexibility index (Phi) is 4.96. The van der Waals surface area contributed by atoms with Gasteiger partial charge in [0.15, 0.2) is 5.60 Å². The highest BCUT2D eigenvalue weighted by atomic mass is 16.6. The normalized spacial score (nSPS) is 27.3. The highest BCUT2D eigenvalue weighted by Gasteiger charge is 2.52. The lowest BCUT2D eigenvalue weighted by atomic mass is 9.77. The molecule has 31 heavy (non-hydrogen) atoms. The zero-order valence-electron chi connectivity index (χ0n) is 18.2. The van der Waals surface area contributed by atoms with Gasteiger partial charge in [-0.3, -0.25) is 4.79 Å². The standard InChI is InChI=1S/C27H29NO3/c1-18(2)16-27(20-11-7-4-8-12-20)24-17-28(14-13-21(24)26(30)31-27)25(29)23-15-22(23)19-9-5-3-6-10-19/h3-12,18,22-23H,13-17H2,1-2H3/t22-,23+,27?/m0/s1. The van der Waals surface area contributed by atoms with Crippen LogP contribution < -0.4 is 0 Å². The Bertz CT molecular complexity index is 1030. The lowest BCUT2D eigenvalue weighted by Gasteiger charge is -2.37. The molecule has 0 spiro atoms. The Hall–Kier alpha value is -2.88. The summed E-state index contributed by atoms with van der Waals surface area (Å²) in [6.45, 7) is 5.38. The van der Waals surface area contributed by atoms with Crippen LogP contribution >= 0.6 is 0 Å². The van der Waals surface area contributed by atoms with Crippen LogP contribution in [0.4, 0.5) is 0 Å². The van der Waals surface area contributed by atoms with E-state index in [1.165, 1.54) is 5.56 Å². The van der Waals surface area contributed by atoms with Gasteiger partial charge < -0.3 is 9.64 Å². The molecule has 3 aliphatic rings. The molecule has 4 heteroatoms. The van der Waals surface area contributed by atoms with Crippen molar-refractivity contribution in [2.45, 2.75) is 44.6 Å². The van der Waals surface area contributed by atoms with Crippen molar-refractivity contribution in [3.8, 4) is 0 Å². The monoisotopic (exact) mass is 415 g/mol. The number of benzene rings is 2. The van der Waals surface area contributed by atoms with Gasteiger partial charge in [-0.15, -0.1) is 0 Å². The maximum Gasteiger partial charge on any atom is 0.335 e. The van der Waals surface area contributed by atoms with E-state index < -0.39 is 5.60 Å². The number of amides is 1. The topological polar surface area (TPSA) is 46.6 Å². The van der Waals surface area contributed by atoms with Crippen LogP contribution in [0.5, 0.6) is 0 Å². The minimum atomic E-state index is -0.761. The lowest BCUT2D eigenvalue weighted by Crippen LogP contribution is -2.42. The van der Waals surface area contributed by atoms with Crippen molar-refractivity contribution < 1.29 is 14.3 Å². The smallest absolute Gasteiger partial charge is 0.335 e. The number of rotatable bonds is 5. The average Bonchev–Trinajstić information content (AvgIpc) is 3.54. The summed E-state index contributed by atoms with van der Waals surface area (Å²) in [5.74, 6) is 0.724. The summed E-state index contributed by atoms with van der Waals surface area (Å²) < 4.78 is 6.14. The van der Waals surface area contributed by atoms with Crippen molar-refractivity contribution in [3.63, 3.8) is 0 Å². The number of esters is 1. The molecule has 2 aromatic carbocycles. The molecule has 2 aliphatic heterocycles. The predicted octanol–water partition coefficient (Wildman–Crippen LogP) is 4.82. The van der Waals surface area contributed by atoms with Crippen LogP contribution in [0.2, 0.25) is 0 Å². The summed E-state index contributed by atoms with van der Waals surface area (Å²) in [6, 6.07) is 20.3. The number of cyclic esters (lactones) is 1. The Morgan fingerprint density at radius 1 is 1.10 bits per heavy atom. The van der Waals surface area contributed by atoms with E-state index in [0.717, 1.165) is 29.6 Å². The Morgan fingerprint density at radius 3 is 2.45 bits per heavy atom. The fourth-order valence-corrected chi connectivity index (χ4v) is 5.40. The van der Waals surface area contributed by atoms with Crippen molar-refractivity contribution in [2.75, 3.05) is 13.1 Å². The molecule has 1 fully saturated rings. The quantitative estimate of drug-likeness (QED) is 0.658. The third-order valence-electron chi connectivity index (χ3n) is 6.93. The third-order valence-corrected chi connectivity index (χ3v) is 6.93. The van der Waals surface area contributed by atoms with Crippen molar-refractivity contribution in [1.82, 2.24) is 4.90 Å². The van der Waals surface area contributed by atoms with E-state index in [2.05, 4.69) is 26.0 Å². The van der Waals surface area contributed by atoms with Gasteiger partial charge in [0, 0.05) is 30.2 Å². The second-order valence-corrected chi connectivity index (χ2v) is 9.51. The number of carbonyl (C=O) groups is 2. The van der Waals surface area contributed by atoms with Crippen LogP contribution in [0.1, 0.15) is 50.2 Å². The lowest BCUT2D eigenvalue weighted by molar-refractivity contribution is -0.149. The number of nitrogens with zero attached hydrogens (tertiary/aromatic N) is 1. The molecule has 1 saturated carbocycles. The minimum Gasteiger partial charge on any atom is -0.446 e. The van der Waals surface area contributed by atoms with Gasteiger partial charge in [0.2, 0.25) is 5.91 Å². The molecule has 0 bridgehead atoms.